The minimum Gasteiger partial charge on any atom is -0.388 e. The second kappa shape index (κ2) is 4.86. The summed E-state index contributed by atoms with van der Waals surface area (Å²) in [7, 11) is 1.91. The van der Waals surface area contributed by atoms with E-state index in [0.717, 1.165) is 5.70 Å². The standard InChI is InChI=1S/C9H15N/c1-5-7-9(10-4)8(3)6-2/h5-7,10H,2H2,1,3-4H3/b7-5-,9-8+. The van der Waals surface area contributed by atoms with Gasteiger partial charge in [0.2, 0.25) is 0 Å². The lowest BCUT2D eigenvalue weighted by Crippen LogP contribution is -2.04. The Morgan fingerprint density at radius 3 is 2.40 bits per heavy atom. The van der Waals surface area contributed by atoms with Gasteiger partial charge in [-0.25, -0.2) is 0 Å². The first-order valence-electron chi connectivity index (χ1n) is 3.40. The van der Waals surface area contributed by atoms with Crippen LogP contribution in [-0.2, 0) is 0 Å². The topological polar surface area (TPSA) is 12.0 Å². The van der Waals surface area contributed by atoms with Gasteiger partial charge < -0.3 is 5.32 Å². The predicted octanol–water partition coefficient (Wildman–Crippen LogP) is 2.24. The van der Waals surface area contributed by atoms with E-state index in [0.29, 0.717) is 0 Å². The van der Waals surface area contributed by atoms with Crippen molar-refractivity contribution in [2.75, 3.05) is 7.05 Å². The largest absolute Gasteiger partial charge is 0.388 e. The van der Waals surface area contributed by atoms with Gasteiger partial charge in [-0.05, 0) is 25.5 Å². The third-order valence-electron chi connectivity index (χ3n) is 1.33. The molecule has 0 saturated heterocycles. The summed E-state index contributed by atoms with van der Waals surface area (Å²) in [6.07, 6.45) is 5.86. The second-order valence-corrected chi connectivity index (χ2v) is 2.05. The number of nitrogens with one attached hydrogen (secondary N) is 1. The highest BCUT2D eigenvalue weighted by Gasteiger charge is 1.88. The fourth-order valence-electron chi connectivity index (χ4n) is 0.689. The highest BCUT2D eigenvalue weighted by molar-refractivity contribution is 5.28. The molecule has 0 unspecified atom stereocenters. The summed E-state index contributed by atoms with van der Waals surface area (Å²) in [4.78, 5) is 0. The molecule has 0 aromatic carbocycles. The van der Waals surface area contributed by atoms with Gasteiger partial charge in [0.15, 0.2) is 0 Å². The lowest BCUT2D eigenvalue weighted by Gasteiger charge is -2.02. The maximum absolute atomic E-state index is 3.68. The molecular weight excluding hydrogens is 122 g/mol. The summed E-state index contributed by atoms with van der Waals surface area (Å²) in [6.45, 7) is 7.70. The Bertz CT molecular complexity index is 164. The monoisotopic (exact) mass is 137 g/mol. The fourth-order valence-corrected chi connectivity index (χ4v) is 0.689. The van der Waals surface area contributed by atoms with E-state index in [1.165, 1.54) is 5.57 Å². The molecule has 0 aromatic heterocycles. The van der Waals surface area contributed by atoms with Gasteiger partial charge in [-0.1, -0.05) is 18.7 Å². The molecule has 0 rings (SSSR count). The fraction of sp³-hybridized carbons (Fsp3) is 0.333. The molecule has 1 N–H and O–H groups in total. The van der Waals surface area contributed by atoms with Crippen molar-refractivity contribution >= 4 is 0 Å². The molecule has 0 saturated carbocycles. The summed E-state index contributed by atoms with van der Waals surface area (Å²) in [5.41, 5.74) is 2.29. The summed E-state index contributed by atoms with van der Waals surface area (Å²) < 4.78 is 0. The quantitative estimate of drug-likeness (QED) is 0.588. The molecule has 0 spiro atoms. The van der Waals surface area contributed by atoms with E-state index in [-0.39, 0.29) is 0 Å². The van der Waals surface area contributed by atoms with Crippen molar-refractivity contribution in [2.24, 2.45) is 0 Å². The molecule has 10 heavy (non-hydrogen) atoms. The molecule has 56 valence electrons. The number of allylic oxidation sites excluding steroid dienone is 4. The molecule has 0 radical (unpaired) electrons. The molecule has 1 nitrogen and oxygen atoms in total. The Kier molecular flexibility index (Phi) is 4.38. The molecule has 0 aliphatic heterocycles. The van der Waals surface area contributed by atoms with Crippen molar-refractivity contribution in [1.29, 1.82) is 0 Å². The summed E-state index contributed by atoms with van der Waals surface area (Å²) in [5.74, 6) is 0. The van der Waals surface area contributed by atoms with E-state index < -0.39 is 0 Å². The number of rotatable bonds is 3. The second-order valence-electron chi connectivity index (χ2n) is 2.05. The maximum atomic E-state index is 3.68. The van der Waals surface area contributed by atoms with Crippen molar-refractivity contribution in [3.8, 4) is 0 Å². The van der Waals surface area contributed by atoms with Gasteiger partial charge in [0.05, 0.1) is 0 Å². The third-order valence-corrected chi connectivity index (χ3v) is 1.33. The van der Waals surface area contributed by atoms with E-state index in [4.69, 9.17) is 0 Å². The number of hydrogen-bond donors (Lipinski definition) is 1. The van der Waals surface area contributed by atoms with E-state index in [1.54, 1.807) is 0 Å². The van der Waals surface area contributed by atoms with Crippen molar-refractivity contribution < 1.29 is 0 Å². The predicted molar refractivity (Wildman–Crippen MR) is 46.8 cm³/mol. The normalized spacial score (nSPS) is 13.1. The number of likely N-dealkylation sites (N-methyl/N-ethyl adjacent to an activating group) is 1. The van der Waals surface area contributed by atoms with Crippen LogP contribution >= 0.6 is 0 Å². The zero-order valence-corrected chi connectivity index (χ0v) is 6.94. The van der Waals surface area contributed by atoms with Crippen molar-refractivity contribution in [3.63, 3.8) is 0 Å². The molecule has 0 fully saturated rings. The Balaban J connectivity index is 4.44. The Hall–Kier alpha value is -0.980. The number of hydrogen-bond acceptors (Lipinski definition) is 1. The summed E-state index contributed by atoms with van der Waals surface area (Å²) >= 11 is 0. The van der Waals surface area contributed by atoms with E-state index >= 15 is 0 Å². The van der Waals surface area contributed by atoms with Crippen LogP contribution in [0.5, 0.6) is 0 Å². The SMILES string of the molecule is C=C/C(C)=C(\C=C/C)NC. The maximum Gasteiger partial charge on any atom is 0.0363 e. The zero-order chi connectivity index (χ0) is 7.98. The van der Waals surface area contributed by atoms with Gasteiger partial charge >= 0.3 is 0 Å². The van der Waals surface area contributed by atoms with Crippen LogP contribution in [0.1, 0.15) is 13.8 Å². The first-order valence-corrected chi connectivity index (χ1v) is 3.40. The minimum absolute atomic E-state index is 1.12. The van der Waals surface area contributed by atoms with Crippen LogP contribution in [-0.4, -0.2) is 7.05 Å². The van der Waals surface area contributed by atoms with Crippen LogP contribution in [0.3, 0.4) is 0 Å². The van der Waals surface area contributed by atoms with Gasteiger partial charge in [0, 0.05) is 12.7 Å². The van der Waals surface area contributed by atoms with Crippen LogP contribution in [0.2, 0.25) is 0 Å². The van der Waals surface area contributed by atoms with Crippen molar-refractivity contribution in [1.82, 2.24) is 5.32 Å². The molecule has 0 aromatic rings. The Labute approximate surface area is 63.1 Å². The highest BCUT2D eigenvalue weighted by Crippen LogP contribution is 2.01. The van der Waals surface area contributed by atoms with Gasteiger partial charge in [0.1, 0.15) is 0 Å². The lowest BCUT2D eigenvalue weighted by atomic mass is 10.2. The molecule has 0 heterocycles. The average molecular weight is 137 g/mol. The lowest BCUT2D eigenvalue weighted by molar-refractivity contribution is 1.01. The van der Waals surface area contributed by atoms with Gasteiger partial charge in [-0.15, -0.1) is 0 Å². The molecule has 0 aliphatic carbocycles. The van der Waals surface area contributed by atoms with Crippen LogP contribution < -0.4 is 5.32 Å². The molecular formula is C9H15N. The molecule has 0 aliphatic rings. The Morgan fingerprint density at radius 1 is 1.50 bits per heavy atom. The van der Waals surface area contributed by atoms with E-state index in [9.17, 15) is 0 Å². The highest BCUT2D eigenvalue weighted by atomic mass is 14.8. The minimum atomic E-state index is 1.12. The van der Waals surface area contributed by atoms with Gasteiger partial charge in [-0.2, -0.15) is 0 Å². The first-order chi connectivity index (χ1) is 4.76. The van der Waals surface area contributed by atoms with Gasteiger partial charge in [-0.3, -0.25) is 0 Å². The molecule has 1 heteroatoms. The first kappa shape index (κ1) is 9.02. The summed E-state index contributed by atoms with van der Waals surface area (Å²) in [5, 5.41) is 3.08. The van der Waals surface area contributed by atoms with Crippen LogP contribution in [0.25, 0.3) is 0 Å². The van der Waals surface area contributed by atoms with E-state index in [1.807, 2.05) is 39.1 Å². The van der Waals surface area contributed by atoms with Gasteiger partial charge in [0.25, 0.3) is 0 Å². The smallest absolute Gasteiger partial charge is 0.0363 e. The van der Waals surface area contributed by atoms with Crippen LogP contribution in [0.15, 0.2) is 36.1 Å². The van der Waals surface area contributed by atoms with Crippen molar-refractivity contribution in [3.05, 3.63) is 36.1 Å². The van der Waals surface area contributed by atoms with E-state index in [2.05, 4.69) is 11.9 Å². The molecule has 0 amide bonds. The third kappa shape index (κ3) is 2.53. The Morgan fingerprint density at radius 2 is 2.10 bits per heavy atom. The molecule has 0 bridgehead atoms. The van der Waals surface area contributed by atoms with Crippen molar-refractivity contribution in [2.45, 2.75) is 13.8 Å². The summed E-state index contributed by atoms with van der Waals surface area (Å²) in [6, 6.07) is 0. The molecule has 0 atom stereocenters. The van der Waals surface area contributed by atoms with Crippen LogP contribution in [0.4, 0.5) is 0 Å². The average Bonchev–Trinajstić information content (AvgIpc) is 1.99. The zero-order valence-electron chi connectivity index (χ0n) is 6.94. The van der Waals surface area contributed by atoms with Crippen LogP contribution in [0, 0.1) is 0 Å².